The van der Waals surface area contributed by atoms with Crippen LogP contribution in [0.3, 0.4) is 0 Å². The Morgan fingerprint density at radius 2 is 1.85 bits per heavy atom. The number of aryl methyl sites for hydroxylation is 1. The number of amides is 1. The molecule has 1 saturated carbocycles. The van der Waals surface area contributed by atoms with Crippen LogP contribution in [0.2, 0.25) is 0 Å². The van der Waals surface area contributed by atoms with Crippen LogP contribution >= 0.6 is 11.3 Å². The van der Waals surface area contributed by atoms with Crippen LogP contribution in [-0.4, -0.2) is 43.1 Å². The molecule has 0 spiro atoms. The van der Waals surface area contributed by atoms with Gasteiger partial charge >= 0.3 is 0 Å². The molecular weight excluding hydrogens is 514 g/mol. The minimum absolute atomic E-state index is 0.0892. The van der Waals surface area contributed by atoms with Crippen molar-refractivity contribution in [2.24, 2.45) is 17.2 Å². The fourth-order valence-electron chi connectivity index (χ4n) is 6.37. The number of ether oxygens (including phenoxy) is 2. The van der Waals surface area contributed by atoms with E-state index in [1.165, 1.54) is 11.3 Å². The second kappa shape index (κ2) is 9.87. The number of Topliss-reactive ketones (excluding diaryl/α,β-unsaturated/α-hetero) is 1. The largest absolute Gasteiger partial charge is 0.490 e. The number of carbonyl (C=O) groups is 2. The van der Waals surface area contributed by atoms with Crippen molar-refractivity contribution in [1.29, 1.82) is 0 Å². The Morgan fingerprint density at radius 1 is 1.10 bits per heavy atom. The van der Waals surface area contributed by atoms with Crippen LogP contribution in [0.15, 0.2) is 30.3 Å². The number of nitrogens with one attached hydrogen (secondary N) is 1. The van der Waals surface area contributed by atoms with Crippen molar-refractivity contribution in [2.75, 3.05) is 18.9 Å². The molecule has 2 fully saturated rings. The molecular formula is C29H35N5O4S. The van der Waals surface area contributed by atoms with Crippen molar-refractivity contribution >= 4 is 38.8 Å². The zero-order valence-corrected chi connectivity index (χ0v) is 22.8. The number of nitrogen functional groups attached to an aromatic ring is 1. The van der Waals surface area contributed by atoms with E-state index in [-0.39, 0.29) is 29.9 Å². The van der Waals surface area contributed by atoms with E-state index >= 15 is 0 Å². The second-order valence-electron chi connectivity index (χ2n) is 11.0. The lowest BCUT2D eigenvalue weighted by atomic mass is 9.69. The summed E-state index contributed by atoms with van der Waals surface area (Å²) >= 11 is 1.25. The van der Waals surface area contributed by atoms with Gasteiger partial charge in [-0.15, -0.1) is 11.3 Å². The Bertz CT molecular complexity index is 1470. The summed E-state index contributed by atoms with van der Waals surface area (Å²) in [7, 11) is 0. The molecule has 2 aromatic carbocycles. The molecule has 0 bridgehead atoms. The maximum Gasteiger partial charge on any atom is 0.262 e. The number of hydrogen-bond acceptors (Lipinski definition) is 9. The fourth-order valence-corrected chi connectivity index (χ4v) is 7.57. The number of ketones is 1. The molecule has 2 aliphatic carbocycles. The molecule has 4 atom stereocenters. The van der Waals surface area contributed by atoms with Gasteiger partial charge in [-0.05, 0) is 61.1 Å². The molecule has 1 saturated heterocycles. The third-order valence-electron chi connectivity index (χ3n) is 8.50. The van der Waals surface area contributed by atoms with Crippen LogP contribution in [0.4, 0.5) is 5.69 Å². The Labute approximate surface area is 231 Å². The molecule has 3 aromatic rings. The summed E-state index contributed by atoms with van der Waals surface area (Å²) in [6, 6.07) is 7.87. The van der Waals surface area contributed by atoms with Crippen LogP contribution in [0.25, 0.3) is 10.1 Å². The molecule has 1 amide bonds. The predicted octanol–water partition coefficient (Wildman–Crippen LogP) is 2.74. The van der Waals surface area contributed by atoms with Gasteiger partial charge in [-0.1, -0.05) is 12.1 Å². The molecule has 9 N–H and O–H groups in total. The van der Waals surface area contributed by atoms with Gasteiger partial charge in [-0.2, -0.15) is 0 Å². The number of anilines is 1. The molecule has 1 aromatic heterocycles. The zero-order chi connectivity index (χ0) is 27.5. The van der Waals surface area contributed by atoms with Crippen molar-refractivity contribution in [2.45, 2.75) is 68.8 Å². The maximum atomic E-state index is 14.1. The molecule has 10 heteroatoms. The Morgan fingerprint density at radius 3 is 2.54 bits per heavy atom. The van der Waals surface area contributed by atoms with Crippen LogP contribution in [0, 0.1) is 6.92 Å². The smallest absolute Gasteiger partial charge is 0.262 e. The third kappa shape index (κ3) is 4.22. The number of nitrogens with two attached hydrogens (primary N) is 4. The minimum Gasteiger partial charge on any atom is -0.490 e. The molecule has 2 unspecified atom stereocenters. The lowest BCUT2D eigenvalue weighted by Gasteiger charge is -2.37. The van der Waals surface area contributed by atoms with E-state index < -0.39 is 11.6 Å². The van der Waals surface area contributed by atoms with E-state index in [1.807, 2.05) is 25.1 Å². The van der Waals surface area contributed by atoms with Crippen molar-refractivity contribution in [3.63, 3.8) is 0 Å². The van der Waals surface area contributed by atoms with E-state index in [2.05, 4.69) is 5.32 Å². The van der Waals surface area contributed by atoms with Gasteiger partial charge in [0, 0.05) is 41.6 Å². The highest BCUT2D eigenvalue weighted by atomic mass is 32.1. The summed E-state index contributed by atoms with van der Waals surface area (Å²) in [6.45, 7) is 3.29. The van der Waals surface area contributed by atoms with Gasteiger partial charge in [0.25, 0.3) is 5.91 Å². The Kier molecular flexibility index (Phi) is 6.63. The lowest BCUT2D eigenvalue weighted by Crippen LogP contribution is -2.53. The molecule has 206 valence electrons. The van der Waals surface area contributed by atoms with E-state index in [4.69, 9.17) is 32.4 Å². The summed E-state index contributed by atoms with van der Waals surface area (Å²) in [5, 5.41) is 3.76. The fraction of sp³-hybridized carbons (Fsp3) is 0.448. The number of hydrogen-bond donors (Lipinski definition) is 5. The van der Waals surface area contributed by atoms with Gasteiger partial charge in [0.2, 0.25) is 0 Å². The van der Waals surface area contributed by atoms with Gasteiger partial charge in [-0.3, -0.25) is 9.59 Å². The highest BCUT2D eigenvalue weighted by molar-refractivity contribution is 7.21. The van der Waals surface area contributed by atoms with E-state index in [0.29, 0.717) is 50.6 Å². The molecule has 0 radical (unpaired) electrons. The number of carbonyl (C=O) groups excluding carboxylic acids is 2. The first-order valence-corrected chi connectivity index (χ1v) is 14.4. The van der Waals surface area contributed by atoms with Crippen LogP contribution in [0.5, 0.6) is 5.75 Å². The summed E-state index contributed by atoms with van der Waals surface area (Å²) in [5.41, 5.74) is 27.8. The van der Waals surface area contributed by atoms with Crippen LogP contribution in [0.1, 0.15) is 70.1 Å². The average molecular weight is 550 g/mol. The molecule has 9 nitrogen and oxygen atoms in total. The quantitative estimate of drug-likeness (QED) is 0.303. The highest BCUT2D eigenvalue weighted by Gasteiger charge is 2.49. The van der Waals surface area contributed by atoms with Gasteiger partial charge in [0.1, 0.15) is 17.4 Å². The molecule has 6 rings (SSSR count). The predicted molar refractivity (Wildman–Crippen MR) is 152 cm³/mol. The van der Waals surface area contributed by atoms with Crippen molar-refractivity contribution in [3.05, 3.63) is 57.5 Å². The van der Waals surface area contributed by atoms with Crippen molar-refractivity contribution in [3.8, 4) is 5.75 Å². The first-order chi connectivity index (χ1) is 18.7. The molecule has 39 heavy (non-hydrogen) atoms. The van der Waals surface area contributed by atoms with E-state index in [0.717, 1.165) is 43.4 Å². The lowest BCUT2D eigenvalue weighted by molar-refractivity contribution is -0.124. The van der Waals surface area contributed by atoms with Gasteiger partial charge < -0.3 is 37.7 Å². The number of benzene rings is 2. The summed E-state index contributed by atoms with van der Waals surface area (Å²) in [4.78, 5) is 27.9. The van der Waals surface area contributed by atoms with Gasteiger partial charge in [0.15, 0.2) is 5.78 Å². The molecule has 1 aliphatic heterocycles. The minimum atomic E-state index is -1.51. The first kappa shape index (κ1) is 26.2. The Hall–Kier alpha value is -3.02. The molecule has 3 aliphatic rings. The number of thiophene rings is 1. The van der Waals surface area contributed by atoms with E-state index in [1.54, 1.807) is 12.1 Å². The Balaban J connectivity index is 1.42. The van der Waals surface area contributed by atoms with Crippen molar-refractivity contribution in [1.82, 2.24) is 5.32 Å². The maximum absolute atomic E-state index is 14.1. The monoisotopic (exact) mass is 549 g/mol. The van der Waals surface area contributed by atoms with E-state index in [9.17, 15) is 9.59 Å². The highest BCUT2D eigenvalue weighted by Crippen LogP contribution is 2.50. The van der Waals surface area contributed by atoms with Crippen LogP contribution in [-0.2, 0) is 15.1 Å². The summed E-state index contributed by atoms with van der Waals surface area (Å²) in [6.07, 6.45) is 4.42. The van der Waals surface area contributed by atoms with Crippen molar-refractivity contribution < 1.29 is 19.1 Å². The number of rotatable bonds is 5. The van der Waals surface area contributed by atoms with Gasteiger partial charge in [0.05, 0.1) is 28.8 Å². The SMILES string of the molecule is Cc1cc(OC2CCOCC2)ccc1C1(N)C(=O)C(N)c2c(C(=O)N[C@@H]3CCC[C@@H]3N)sc3c(N)ccc1c23. The first-order valence-electron chi connectivity index (χ1n) is 13.6. The van der Waals surface area contributed by atoms with Crippen LogP contribution < -0.4 is 33.0 Å². The van der Waals surface area contributed by atoms with Gasteiger partial charge in [-0.25, -0.2) is 0 Å². The normalized spacial score (nSPS) is 27.2. The average Bonchev–Trinajstić information content (AvgIpc) is 3.52. The second-order valence-corrected chi connectivity index (χ2v) is 12.0. The summed E-state index contributed by atoms with van der Waals surface area (Å²) in [5.74, 6) is 0.0758. The summed E-state index contributed by atoms with van der Waals surface area (Å²) < 4.78 is 12.3. The third-order valence-corrected chi connectivity index (χ3v) is 9.75. The zero-order valence-electron chi connectivity index (χ0n) is 22.0. The standard InChI is InChI=1S/C29H35N5O4S/c1-14-13-16(38-15-9-11-37-12-10-15)5-6-17(14)29(33)18-7-8-20(31)25-22(18)23(24(32)27(29)35)26(39-25)28(36)34-21-4-2-3-19(21)30/h5-8,13,15,19,21,24H,2-4,9-12,30-33H2,1H3,(H,34,36)/t19-,21+,24?,29?/m0/s1. The topological polar surface area (TPSA) is 169 Å². The molecule has 2 heterocycles.